The van der Waals surface area contributed by atoms with Crippen LogP contribution in [0.25, 0.3) is 10.9 Å². The van der Waals surface area contributed by atoms with Gasteiger partial charge in [0.15, 0.2) is 0 Å². The summed E-state index contributed by atoms with van der Waals surface area (Å²) in [5, 5.41) is 1.38. The third-order valence-corrected chi connectivity index (χ3v) is 4.63. The fourth-order valence-corrected chi connectivity index (χ4v) is 3.21. The van der Waals surface area contributed by atoms with Gasteiger partial charge in [-0.1, -0.05) is 50.6 Å². The van der Waals surface area contributed by atoms with Gasteiger partial charge in [0.2, 0.25) is 0 Å². The molecule has 0 radical (unpaired) electrons. The molecule has 1 aliphatic rings. The molecular weight excluding hydrogens is 256 g/mol. The Hall–Kier alpha value is -1.54. The Labute approximate surface area is 127 Å². The molecule has 2 heteroatoms. The fraction of sp³-hybridized carbons (Fsp3) is 0.474. The van der Waals surface area contributed by atoms with Gasteiger partial charge in [-0.05, 0) is 29.9 Å². The number of aromatic nitrogens is 1. The highest BCUT2D eigenvalue weighted by atomic mass is 15.1. The molecule has 3 rings (SSSR count). The van der Waals surface area contributed by atoms with Crippen molar-refractivity contribution in [1.29, 1.82) is 0 Å². The van der Waals surface area contributed by atoms with Crippen molar-refractivity contribution in [2.75, 3.05) is 19.6 Å². The van der Waals surface area contributed by atoms with E-state index in [1.165, 1.54) is 29.4 Å². The molecule has 0 unspecified atom stereocenters. The molecule has 21 heavy (non-hydrogen) atoms. The second-order valence-corrected chi connectivity index (χ2v) is 7.14. The van der Waals surface area contributed by atoms with Crippen LogP contribution in [0.1, 0.15) is 32.8 Å². The monoisotopic (exact) mass is 282 g/mol. The molecule has 0 saturated heterocycles. The van der Waals surface area contributed by atoms with Gasteiger partial charge in [-0.15, -0.1) is 0 Å². The predicted octanol–water partition coefficient (Wildman–Crippen LogP) is 4.39. The zero-order chi connectivity index (χ0) is 14.9. The summed E-state index contributed by atoms with van der Waals surface area (Å²) in [6.45, 7) is 10.4. The summed E-state index contributed by atoms with van der Waals surface area (Å²) in [5.74, 6) is 0. The number of aromatic amines is 1. The van der Waals surface area contributed by atoms with Crippen molar-refractivity contribution in [3.63, 3.8) is 0 Å². The van der Waals surface area contributed by atoms with E-state index in [1.807, 2.05) is 0 Å². The molecule has 112 valence electrons. The molecular formula is C19H26N2. The Balaban J connectivity index is 1.61. The summed E-state index contributed by atoms with van der Waals surface area (Å²) >= 11 is 0. The standard InChI is InChI=1S/C19H26N2/c1-19(2,3)16-9-12-21(13-10-16)11-8-15-14-20-18-7-5-4-6-17(15)18/h4-7,9,14,20H,8,10-13H2,1-3H3. The van der Waals surface area contributed by atoms with Crippen LogP contribution in [0.4, 0.5) is 0 Å². The Morgan fingerprint density at radius 1 is 1.19 bits per heavy atom. The average molecular weight is 282 g/mol. The first-order chi connectivity index (χ1) is 10.0. The first-order valence-electron chi connectivity index (χ1n) is 8.01. The summed E-state index contributed by atoms with van der Waals surface area (Å²) in [4.78, 5) is 5.94. The molecule has 0 spiro atoms. The number of nitrogens with zero attached hydrogens (tertiary/aromatic N) is 1. The van der Waals surface area contributed by atoms with Crippen LogP contribution in [-0.4, -0.2) is 29.5 Å². The number of hydrogen-bond acceptors (Lipinski definition) is 1. The smallest absolute Gasteiger partial charge is 0.0456 e. The van der Waals surface area contributed by atoms with Gasteiger partial charge >= 0.3 is 0 Å². The van der Waals surface area contributed by atoms with Crippen molar-refractivity contribution in [3.8, 4) is 0 Å². The second kappa shape index (κ2) is 5.69. The van der Waals surface area contributed by atoms with Gasteiger partial charge in [-0.2, -0.15) is 0 Å². The Kier molecular flexibility index (Phi) is 3.90. The van der Waals surface area contributed by atoms with Gasteiger partial charge < -0.3 is 4.98 Å². The van der Waals surface area contributed by atoms with Gasteiger partial charge in [-0.25, -0.2) is 0 Å². The maximum atomic E-state index is 3.37. The molecule has 0 atom stereocenters. The zero-order valence-electron chi connectivity index (χ0n) is 13.4. The maximum Gasteiger partial charge on any atom is 0.0456 e. The van der Waals surface area contributed by atoms with Crippen molar-refractivity contribution in [1.82, 2.24) is 9.88 Å². The number of hydrogen-bond donors (Lipinski definition) is 1. The largest absolute Gasteiger partial charge is 0.361 e. The number of nitrogens with one attached hydrogen (secondary N) is 1. The number of para-hydroxylation sites is 1. The number of benzene rings is 1. The number of H-pyrrole nitrogens is 1. The molecule has 1 aromatic heterocycles. The lowest BCUT2D eigenvalue weighted by Crippen LogP contribution is -2.32. The minimum absolute atomic E-state index is 0.336. The topological polar surface area (TPSA) is 19.0 Å². The summed E-state index contributed by atoms with van der Waals surface area (Å²) in [6, 6.07) is 8.58. The van der Waals surface area contributed by atoms with Crippen molar-refractivity contribution < 1.29 is 0 Å². The van der Waals surface area contributed by atoms with Crippen LogP contribution in [0.15, 0.2) is 42.1 Å². The molecule has 2 heterocycles. The molecule has 1 aromatic carbocycles. The minimum atomic E-state index is 0.336. The molecule has 0 aliphatic carbocycles. The third-order valence-electron chi connectivity index (χ3n) is 4.63. The van der Waals surface area contributed by atoms with E-state index in [-0.39, 0.29) is 0 Å². The van der Waals surface area contributed by atoms with Crippen LogP contribution in [-0.2, 0) is 6.42 Å². The van der Waals surface area contributed by atoms with Crippen LogP contribution in [0.2, 0.25) is 0 Å². The van der Waals surface area contributed by atoms with Crippen LogP contribution in [0.3, 0.4) is 0 Å². The highest BCUT2D eigenvalue weighted by Gasteiger charge is 2.21. The van der Waals surface area contributed by atoms with E-state index in [2.05, 4.69) is 67.2 Å². The third kappa shape index (κ3) is 3.21. The summed E-state index contributed by atoms with van der Waals surface area (Å²) in [5.41, 5.74) is 4.64. The van der Waals surface area contributed by atoms with E-state index >= 15 is 0 Å². The molecule has 1 aliphatic heterocycles. The van der Waals surface area contributed by atoms with E-state index < -0.39 is 0 Å². The van der Waals surface area contributed by atoms with Crippen LogP contribution < -0.4 is 0 Å². The Morgan fingerprint density at radius 3 is 2.71 bits per heavy atom. The first kappa shape index (κ1) is 14.4. The fourth-order valence-electron chi connectivity index (χ4n) is 3.21. The quantitative estimate of drug-likeness (QED) is 0.827. The van der Waals surface area contributed by atoms with E-state index in [1.54, 1.807) is 5.57 Å². The first-order valence-corrected chi connectivity index (χ1v) is 8.01. The van der Waals surface area contributed by atoms with Gasteiger partial charge in [0.05, 0.1) is 0 Å². The highest BCUT2D eigenvalue weighted by molar-refractivity contribution is 5.83. The van der Waals surface area contributed by atoms with Crippen LogP contribution >= 0.6 is 0 Å². The van der Waals surface area contributed by atoms with E-state index in [9.17, 15) is 0 Å². The molecule has 0 fully saturated rings. The van der Waals surface area contributed by atoms with E-state index in [4.69, 9.17) is 0 Å². The van der Waals surface area contributed by atoms with Gasteiger partial charge in [0.1, 0.15) is 0 Å². The van der Waals surface area contributed by atoms with Gasteiger partial charge in [0.25, 0.3) is 0 Å². The van der Waals surface area contributed by atoms with Crippen molar-refractivity contribution in [2.45, 2.75) is 33.6 Å². The Bertz CT molecular complexity index is 643. The van der Waals surface area contributed by atoms with Crippen LogP contribution in [0, 0.1) is 5.41 Å². The molecule has 2 aromatic rings. The summed E-state index contributed by atoms with van der Waals surface area (Å²) in [6.07, 6.45) is 6.96. The summed E-state index contributed by atoms with van der Waals surface area (Å²) in [7, 11) is 0. The molecule has 0 saturated carbocycles. The van der Waals surface area contributed by atoms with E-state index in [0.717, 1.165) is 19.5 Å². The maximum absolute atomic E-state index is 3.37. The van der Waals surface area contributed by atoms with Crippen molar-refractivity contribution in [2.24, 2.45) is 5.41 Å². The van der Waals surface area contributed by atoms with Gasteiger partial charge in [-0.3, -0.25) is 4.90 Å². The highest BCUT2D eigenvalue weighted by Crippen LogP contribution is 2.30. The summed E-state index contributed by atoms with van der Waals surface area (Å²) < 4.78 is 0. The number of rotatable bonds is 3. The predicted molar refractivity (Wildman–Crippen MR) is 90.6 cm³/mol. The molecule has 2 nitrogen and oxygen atoms in total. The Morgan fingerprint density at radius 2 is 2.00 bits per heavy atom. The minimum Gasteiger partial charge on any atom is -0.361 e. The van der Waals surface area contributed by atoms with E-state index in [0.29, 0.717) is 5.41 Å². The molecule has 1 N–H and O–H groups in total. The SMILES string of the molecule is CC(C)(C)C1=CCN(CCc2c[nH]c3ccccc23)CC1. The lowest BCUT2D eigenvalue weighted by atomic mass is 9.83. The molecule has 0 bridgehead atoms. The zero-order valence-corrected chi connectivity index (χ0v) is 13.4. The van der Waals surface area contributed by atoms with Crippen LogP contribution in [0.5, 0.6) is 0 Å². The number of fused-ring (bicyclic) bond motifs is 1. The van der Waals surface area contributed by atoms with Crippen molar-refractivity contribution in [3.05, 3.63) is 47.7 Å². The second-order valence-electron chi connectivity index (χ2n) is 7.14. The van der Waals surface area contributed by atoms with Crippen molar-refractivity contribution >= 4 is 10.9 Å². The molecule has 0 amide bonds. The lowest BCUT2D eigenvalue weighted by molar-refractivity contribution is 0.282. The average Bonchev–Trinajstić information content (AvgIpc) is 2.88. The van der Waals surface area contributed by atoms with Gasteiger partial charge in [0, 0.05) is 36.7 Å². The normalized spacial score (nSPS) is 17.2. The lowest BCUT2D eigenvalue weighted by Gasteiger charge is -2.32.